The first kappa shape index (κ1) is 30.6. The number of carbonyl (C=O) groups is 1. The first-order valence-electron chi connectivity index (χ1n) is 13.0. The number of hydrogen-bond acceptors (Lipinski definition) is 10. The minimum absolute atomic E-state index is 0.0364. The van der Waals surface area contributed by atoms with Gasteiger partial charge < -0.3 is 29.4 Å². The molecular weight excluding hydrogens is 565 g/mol. The quantitative estimate of drug-likeness (QED) is 0.219. The van der Waals surface area contributed by atoms with Crippen LogP contribution < -0.4 is 15.8 Å². The maximum atomic E-state index is 16.1. The lowest BCUT2D eigenvalue weighted by Gasteiger charge is -2.29. The minimum Gasteiger partial charge on any atom is -0.463 e. The molecule has 3 aromatic rings. The Bertz CT molecular complexity index is 1490. The molecular formula is C26H33F2N4O8P. The van der Waals surface area contributed by atoms with Crippen LogP contribution >= 0.6 is 7.60 Å². The number of para-hydroxylation sites is 1. The summed E-state index contributed by atoms with van der Waals surface area (Å²) in [5.74, 6) is -1.64. The number of benzene rings is 1. The van der Waals surface area contributed by atoms with Crippen LogP contribution in [0.2, 0.25) is 0 Å². The highest BCUT2D eigenvalue weighted by molar-refractivity contribution is 7.54. The third-order valence-corrected chi connectivity index (χ3v) is 8.72. The maximum Gasteiger partial charge on any atom is 0.380 e. The summed E-state index contributed by atoms with van der Waals surface area (Å²) in [4.78, 5) is 31.0. The number of aromatic nitrogens is 3. The van der Waals surface area contributed by atoms with Crippen molar-refractivity contribution in [3.05, 3.63) is 52.9 Å². The molecule has 0 aliphatic carbocycles. The number of aliphatic hydroxyl groups is 1. The van der Waals surface area contributed by atoms with Crippen LogP contribution in [0.15, 0.2) is 47.4 Å². The molecule has 4 N–H and O–H groups in total. The van der Waals surface area contributed by atoms with Crippen LogP contribution in [-0.4, -0.2) is 68.5 Å². The van der Waals surface area contributed by atoms with E-state index in [0.29, 0.717) is 0 Å². The fourth-order valence-electron chi connectivity index (χ4n) is 4.63. The number of halogens is 2. The topological polar surface area (TPSA) is 168 Å². The number of nitrogens with zero attached hydrogens (tertiary/aromatic N) is 2. The van der Waals surface area contributed by atoms with Gasteiger partial charge in [-0.2, -0.15) is 4.98 Å². The molecule has 1 aliphatic heterocycles. The van der Waals surface area contributed by atoms with Gasteiger partial charge in [-0.25, -0.2) is 13.3 Å². The summed E-state index contributed by atoms with van der Waals surface area (Å²) >= 11 is 0. The normalized spacial score (nSPS) is 25.6. The van der Waals surface area contributed by atoms with E-state index in [2.05, 4.69) is 9.97 Å². The molecule has 7 atom stereocenters. The molecule has 2 unspecified atom stereocenters. The number of nitrogens with one attached hydrogen (secondary N) is 1. The van der Waals surface area contributed by atoms with Crippen LogP contribution in [0.1, 0.15) is 33.9 Å². The number of carbonyl (C=O) groups excluding carboxylic acids is 1. The number of nitrogens with two attached hydrogens (primary N) is 1. The van der Waals surface area contributed by atoms with Gasteiger partial charge in [0, 0.05) is 6.20 Å². The first-order chi connectivity index (χ1) is 19.3. The summed E-state index contributed by atoms with van der Waals surface area (Å²) in [7, 11) is -4.20. The highest BCUT2D eigenvalue weighted by atomic mass is 31.2. The van der Waals surface area contributed by atoms with E-state index in [4.69, 9.17) is 24.3 Å². The lowest BCUT2D eigenvalue weighted by molar-refractivity contribution is -0.151. The molecule has 0 bridgehead atoms. The molecule has 4 rings (SSSR count). The number of anilines is 1. The van der Waals surface area contributed by atoms with Crippen molar-refractivity contribution < 1.29 is 41.8 Å². The predicted octanol–water partition coefficient (Wildman–Crippen LogP) is 3.51. The molecule has 1 aromatic carbocycles. The van der Waals surface area contributed by atoms with Gasteiger partial charge >= 0.3 is 13.6 Å². The molecule has 0 radical (unpaired) electrons. The van der Waals surface area contributed by atoms with Crippen LogP contribution in [0.4, 0.5) is 14.7 Å². The average Bonchev–Trinajstić information content (AvgIpc) is 3.42. The lowest BCUT2D eigenvalue weighted by atomic mass is 9.95. The molecule has 0 saturated carbocycles. The number of H-pyrrole nitrogens is 1. The Balaban J connectivity index is 1.63. The average molecular weight is 599 g/mol. The number of ether oxygens (including phenoxy) is 2. The zero-order chi connectivity index (χ0) is 30.1. The smallest absolute Gasteiger partial charge is 0.380 e. The molecule has 41 heavy (non-hydrogen) atoms. The molecule has 1 aliphatic rings. The molecule has 0 amide bonds. The summed E-state index contributed by atoms with van der Waals surface area (Å²) in [5.41, 5.74) is 1.93. The molecule has 224 valence electrons. The van der Waals surface area contributed by atoms with E-state index in [0.717, 1.165) is 4.57 Å². The van der Waals surface area contributed by atoms with Gasteiger partial charge in [-0.05, 0) is 39.0 Å². The Morgan fingerprint density at radius 1 is 1.27 bits per heavy atom. The number of hydrogen-bond donors (Lipinski definition) is 3. The second-order valence-electron chi connectivity index (χ2n) is 10.3. The van der Waals surface area contributed by atoms with E-state index in [1.54, 1.807) is 32.0 Å². The summed E-state index contributed by atoms with van der Waals surface area (Å²) in [6.07, 6.45) is -6.35. The first-order valence-corrected chi connectivity index (χ1v) is 14.7. The number of rotatable bonds is 11. The maximum absolute atomic E-state index is 16.1. The van der Waals surface area contributed by atoms with E-state index in [1.165, 1.54) is 38.2 Å². The number of fused-ring (bicyclic) bond motifs is 1. The number of esters is 1. The van der Waals surface area contributed by atoms with Gasteiger partial charge in [0.05, 0.1) is 29.7 Å². The van der Waals surface area contributed by atoms with Gasteiger partial charge in [0.1, 0.15) is 24.6 Å². The Labute approximate surface area is 234 Å². The molecule has 15 heteroatoms. The zero-order valence-corrected chi connectivity index (χ0v) is 23.8. The van der Waals surface area contributed by atoms with Crippen molar-refractivity contribution in [2.75, 3.05) is 18.6 Å². The van der Waals surface area contributed by atoms with Crippen molar-refractivity contribution >= 4 is 30.5 Å². The molecule has 12 nitrogen and oxygen atoms in total. The highest BCUT2D eigenvalue weighted by Gasteiger charge is 2.61. The van der Waals surface area contributed by atoms with Gasteiger partial charge in [-0.3, -0.25) is 19.1 Å². The van der Waals surface area contributed by atoms with Gasteiger partial charge in [-0.1, -0.05) is 25.1 Å². The fraction of sp³-hybridized carbons (Fsp3) is 0.500. The summed E-state index contributed by atoms with van der Waals surface area (Å²) in [5, 5.41) is 11.0. The Morgan fingerprint density at radius 2 is 1.95 bits per heavy atom. The number of nitrogen functional groups attached to an aromatic ring is 1. The Hall–Kier alpha value is -3.32. The van der Waals surface area contributed by atoms with Crippen LogP contribution in [0.3, 0.4) is 0 Å². The van der Waals surface area contributed by atoms with Crippen LogP contribution in [-0.2, 0) is 23.4 Å². The fourth-order valence-corrected chi connectivity index (χ4v) is 6.72. The molecule has 0 spiro atoms. The van der Waals surface area contributed by atoms with Gasteiger partial charge in [0.2, 0.25) is 11.6 Å². The summed E-state index contributed by atoms with van der Waals surface area (Å²) in [6, 6.07) is 9.37. The van der Waals surface area contributed by atoms with E-state index in [-0.39, 0.29) is 22.7 Å². The second-order valence-corrected chi connectivity index (χ2v) is 12.2. The highest BCUT2D eigenvalue weighted by Crippen LogP contribution is 2.53. The monoisotopic (exact) mass is 598 g/mol. The second kappa shape index (κ2) is 11.9. The largest absolute Gasteiger partial charge is 0.463 e. The van der Waals surface area contributed by atoms with E-state index in [1.807, 2.05) is 0 Å². The van der Waals surface area contributed by atoms with Crippen molar-refractivity contribution in [2.45, 2.75) is 64.0 Å². The third-order valence-electron chi connectivity index (χ3n) is 6.59. The minimum atomic E-state index is -4.20. The molecule has 3 heterocycles. The predicted molar refractivity (Wildman–Crippen MR) is 145 cm³/mol. The third kappa shape index (κ3) is 6.30. The number of alkyl halides is 2. The van der Waals surface area contributed by atoms with Crippen molar-refractivity contribution in [1.29, 1.82) is 0 Å². The van der Waals surface area contributed by atoms with E-state index >= 15 is 4.39 Å². The van der Waals surface area contributed by atoms with Crippen LogP contribution in [0.25, 0.3) is 11.0 Å². The standard InChI is InChI=1S/C26H33F2N4O8P/c1-14(2)37-23(35)15(3)12-41(36,40-17-8-6-5-7-9-17)39-16(4)19-20(33)26(28,13-27)24(38-19)32-11-10-18-21(32)30-25(29)31-22(18)34/h5-11,14-16,19-20,24,33H,12-13H2,1-4H3,(H3,29,30,31,34)/t15-,16+,19-,20+,24-,26?,41?/m1/s1. The number of aromatic amines is 1. The van der Waals surface area contributed by atoms with Crippen LogP contribution in [0, 0.1) is 5.92 Å². The van der Waals surface area contributed by atoms with Crippen LogP contribution in [0.5, 0.6) is 5.75 Å². The summed E-state index contributed by atoms with van der Waals surface area (Å²) in [6.45, 7) is 4.50. The molecule has 1 fully saturated rings. The Kier molecular flexibility index (Phi) is 8.88. The van der Waals surface area contributed by atoms with Crippen molar-refractivity contribution in [2.24, 2.45) is 5.92 Å². The number of aliphatic hydroxyl groups excluding tert-OH is 1. The van der Waals surface area contributed by atoms with Crippen molar-refractivity contribution in [3.63, 3.8) is 0 Å². The van der Waals surface area contributed by atoms with Gasteiger partial charge in [0.15, 0.2) is 11.9 Å². The molecule has 2 aromatic heterocycles. The Morgan fingerprint density at radius 3 is 2.59 bits per heavy atom. The van der Waals surface area contributed by atoms with Gasteiger partial charge in [-0.15, -0.1) is 0 Å². The SMILES string of the molecule is CC(C)OC(=O)[C@H](C)CP(=O)(Oc1ccccc1)O[C@@H](C)[C@H]1O[C@@H](n2ccc3c(=O)[nH]c(N)nc32)C(F)(CF)[C@H]1O. The zero-order valence-electron chi connectivity index (χ0n) is 22.9. The van der Waals surface area contributed by atoms with Crippen molar-refractivity contribution in [1.82, 2.24) is 14.5 Å². The van der Waals surface area contributed by atoms with Gasteiger partial charge in [0.25, 0.3) is 5.56 Å². The molecule has 1 saturated heterocycles. The van der Waals surface area contributed by atoms with Crippen molar-refractivity contribution in [3.8, 4) is 5.75 Å². The summed E-state index contributed by atoms with van der Waals surface area (Å²) < 4.78 is 67.9. The lowest BCUT2D eigenvalue weighted by Crippen LogP contribution is -2.47. The van der Waals surface area contributed by atoms with E-state index in [9.17, 15) is 23.7 Å². The van der Waals surface area contributed by atoms with E-state index < -0.39 is 74.2 Å².